The number of hydrogen-bond acceptors (Lipinski definition) is 5. The summed E-state index contributed by atoms with van der Waals surface area (Å²) < 4.78 is 0. The fraction of sp³-hybridized carbons (Fsp3) is 0.353. The highest BCUT2D eigenvalue weighted by Crippen LogP contribution is 2.34. The van der Waals surface area contributed by atoms with Crippen molar-refractivity contribution in [3.05, 3.63) is 48.0 Å². The van der Waals surface area contributed by atoms with Crippen molar-refractivity contribution in [2.75, 3.05) is 13.1 Å². The fourth-order valence-electron chi connectivity index (χ4n) is 3.54. The van der Waals surface area contributed by atoms with Crippen molar-refractivity contribution < 1.29 is 0 Å². The zero-order valence-corrected chi connectivity index (χ0v) is 12.5. The minimum Gasteiger partial charge on any atom is -0.317 e. The molecule has 114 valence electrons. The predicted molar refractivity (Wildman–Crippen MR) is 88.9 cm³/mol. The molecule has 0 bridgehead atoms. The van der Waals surface area contributed by atoms with Gasteiger partial charge in [0.1, 0.15) is 6.34 Å². The SMILES string of the molecule is C1=NNN([C@@H](c2ccc3ccccc3c2)C2CCNCC2)N1. The summed E-state index contributed by atoms with van der Waals surface area (Å²) >= 11 is 0. The Balaban J connectivity index is 1.70. The first-order valence-electron chi connectivity index (χ1n) is 7.94. The van der Waals surface area contributed by atoms with Crippen LogP contribution in [-0.4, -0.2) is 24.5 Å². The Bertz CT molecular complexity index is 670. The number of hydrogen-bond donors (Lipinski definition) is 3. The molecule has 2 aliphatic rings. The molecule has 5 nitrogen and oxygen atoms in total. The van der Waals surface area contributed by atoms with Crippen molar-refractivity contribution in [3.8, 4) is 0 Å². The molecule has 1 fully saturated rings. The lowest BCUT2D eigenvalue weighted by Crippen LogP contribution is -2.47. The van der Waals surface area contributed by atoms with Gasteiger partial charge in [-0.1, -0.05) is 36.4 Å². The molecule has 0 aliphatic carbocycles. The van der Waals surface area contributed by atoms with E-state index in [0.717, 1.165) is 13.1 Å². The number of hydrazine groups is 2. The zero-order valence-electron chi connectivity index (χ0n) is 12.5. The van der Waals surface area contributed by atoms with E-state index >= 15 is 0 Å². The molecule has 0 amide bonds. The van der Waals surface area contributed by atoms with E-state index in [2.05, 4.69) is 63.8 Å². The Morgan fingerprint density at radius 2 is 1.86 bits per heavy atom. The molecule has 1 atom stereocenters. The summed E-state index contributed by atoms with van der Waals surface area (Å²) in [5.41, 5.74) is 7.61. The Hall–Kier alpha value is -2.11. The van der Waals surface area contributed by atoms with Gasteiger partial charge in [0.15, 0.2) is 0 Å². The molecule has 0 aromatic heterocycles. The molecule has 3 N–H and O–H groups in total. The number of nitrogens with one attached hydrogen (secondary N) is 3. The zero-order chi connectivity index (χ0) is 14.8. The van der Waals surface area contributed by atoms with Crippen molar-refractivity contribution in [2.45, 2.75) is 18.9 Å². The van der Waals surface area contributed by atoms with Crippen molar-refractivity contribution in [1.82, 2.24) is 21.4 Å². The second-order valence-corrected chi connectivity index (χ2v) is 6.00. The molecule has 0 saturated carbocycles. The van der Waals surface area contributed by atoms with Gasteiger partial charge in [0.05, 0.1) is 6.04 Å². The third-order valence-electron chi connectivity index (χ3n) is 4.65. The Kier molecular flexibility index (Phi) is 3.66. The summed E-state index contributed by atoms with van der Waals surface area (Å²) in [6.45, 7) is 2.17. The lowest BCUT2D eigenvalue weighted by Gasteiger charge is -2.36. The van der Waals surface area contributed by atoms with E-state index in [-0.39, 0.29) is 6.04 Å². The monoisotopic (exact) mass is 295 g/mol. The average Bonchev–Trinajstić information content (AvgIpc) is 3.10. The van der Waals surface area contributed by atoms with Gasteiger partial charge in [0.2, 0.25) is 0 Å². The molecule has 2 aromatic rings. The Morgan fingerprint density at radius 1 is 1.05 bits per heavy atom. The van der Waals surface area contributed by atoms with E-state index in [1.807, 2.05) is 5.12 Å². The first-order chi connectivity index (χ1) is 10.9. The summed E-state index contributed by atoms with van der Waals surface area (Å²) in [5.74, 6) is 0.601. The number of piperidine rings is 1. The van der Waals surface area contributed by atoms with Crippen LogP contribution in [-0.2, 0) is 0 Å². The standard InChI is InChI=1S/C17H21N5/c1-2-4-15-11-16(6-5-13(15)3-1)17(22-20-12-19-21-22)14-7-9-18-10-8-14/h1-6,11-12,14,17-18,21H,7-10H2,(H,19,20)/t17-/m1/s1. The molecule has 2 aliphatic heterocycles. The molecule has 0 unspecified atom stereocenters. The highest BCUT2D eigenvalue weighted by Gasteiger charge is 2.31. The number of nitrogens with zero attached hydrogens (tertiary/aromatic N) is 2. The predicted octanol–water partition coefficient (Wildman–Crippen LogP) is 2.15. The number of rotatable bonds is 3. The third kappa shape index (κ3) is 2.53. The maximum atomic E-state index is 4.09. The first-order valence-corrected chi connectivity index (χ1v) is 7.94. The maximum Gasteiger partial charge on any atom is 0.126 e. The maximum absolute atomic E-state index is 4.09. The summed E-state index contributed by atoms with van der Waals surface area (Å²) in [7, 11) is 0. The molecular formula is C17H21N5. The first kappa shape index (κ1) is 13.5. The van der Waals surface area contributed by atoms with Gasteiger partial charge >= 0.3 is 0 Å². The molecule has 1 saturated heterocycles. The van der Waals surface area contributed by atoms with Crippen LogP contribution >= 0.6 is 0 Å². The molecule has 0 radical (unpaired) electrons. The molecule has 5 heteroatoms. The minimum atomic E-state index is 0.272. The summed E-state index contributed by atoms with van der Waals surface area (Å²) in [6, 6.07) is 15.6. The van der Waals surface area contributed by atoms with Gasteiger partial charge < -0.3 is 5.32 Å². The van der Waals surface area contributed by atoms with Crippen LogP contribution in [0.15, 0.2) is 47.6 Å². The van der Waals surface area contributed by atoms with Gasteiger partial charge in [0, 0.05) is 0 Å². The van der Waals surface area contributed by atoms with Gasteiger partial charge in [0.25, 0.3) is 0 Å². The van der Waals surface area contributed by atoms with Crippen LogP contribution in [0.5, 0.6) is 0 Å². The topological polar surface area (TPSA) is 51.7 Å². The van der Waals surface area contributed by atoms with E-state index in [0.29, 0.717) is 5.92 Å². The molecule has 2 aromatic carbocycles. The number of fused-ring (bicyclic) bond motifs is 1. The Morgan fingerprint density at radius 3 is 2.64 bits per heavy atom. The second kappa shape index (κ2) is 5.94. The van der Waals surface area contributed by atoms with Gasteiger partial charge in [-0.25, -0.2) is 5.53 Å². The molecular weight excluding hydrogens is 274 g/mol. The lowest BCUT2D eigenvalue weighted by atomic mass is 9.85. The normalized spacial score (nSPS) is 20.7. The van der Waals surface area contributed by atoms with E-state index < -0.39 is 0 Å². The van der Waals surface area contributed by atoms with Crippen molar-refractivity contribution >= 4 is 17.1 Å². The highest BCUT2D eigenvalue weighted by molar-refractivity contribution is 5.83. The summed E-state index contributed by atoms with van der Waals surface area (Å²) in [5, 5.41) is 12.1. The number of hydrazone groups is 1. The van der Waals surface area contributed by atoms with Gasteiger partial charge in [-0.05, 0) is 54.3 Å². The van der Waals surface area contributed by atoms with E-state index in [9.17, 15) is 0 Å². The molecule has 22 heavy (non-hydrogen) atoms. The minimum absolute atomic E-state index is 0.272. The van der Waals surface area contributed by atoms with Crippen molar-refractivity contribution in [2.24, 2.45) is 11.0 Å². The van der Waals surface area contributed by atoms with Crippen LogP contribution in [0.2, 0.25) is 0 Å². The summed E-state index contributed by atoms with van der Waals surface area (Å²) in [4.78, 5) is 0. The fourth-order valence-corrected chi connectivity index (χ4v) is 3.54. The van der Waals surface area contributed by atoms with Crippen molar-refractivity contribution in [1.29, 1.82) is 0 Å². The quantitative estimate of drug-likeness (QED) is 0.812. The van der Waals surface area contributed by atoms with Crippen LogP contribution in [0.25, 0.3) is 10.8 Å². The molecule has 4 rings (SSSR count). The van der Waals surface area contributed by atoms with Gasteiger partial charge in [-0.15, -0.1) is 5.12 Å². The van der Waals surface area contributed by atoms with Crippen LogP contribution in [0, 0.1) is 5.92 Å². The van der Waals surface area contributed by atoms with Crippen LogP contribution in [0.1, 0.15) is 24.4 Å². The van der Waals surface area contributed by atoms with Crippen LogP contribution in [0.4, 0.5) is 0 Å². The second-order valence-electron chi connectivity index (χ2n) is 6.00. The van der Waals surface area contributed by atoms with E-state index in [1.54, 1.807) is 6.34 Å². The smallest absolute Gasteiger partial charge is 0.126 e. The van der Waals surface area contributed by atoms with Crippen LogP contribution < -0.4 is 16.3 Å². The van der Waals surface area contributed by atoms with E-state index in [4.69, 9.17) is 0 Å². The Labute approximate surface area is 130 Å². The summed E-state index contributed by atoms with van der Waals surface area (Å²) in [6.07, 6.45) is 4.06. The third-order valence-corrected chi connectivity index (χ3v) is 4.65. The van der Waals surface area contributed by atoms with E-state index in [1.165, 1.54) is 29.2 Å². The highest BCUT2D eigenvalue weighted by atomic mass is 15.9. The van der Waals surface area contributed by atoms with Gasteiger partial charge in [-0.2, -0.15) is 5.10 Å². The van der Waals surface area contributed by atoms with Crippen LogP contribution in [0.3, 0.4) is 0 Å². The van der Waals surface area contributed by atoms with Gasteiger partial charge in [-0.3, -0.25) is 5.43 Å². The van der Waals surface area contributed by atoms with Crippen molar-refractivity contribution in [3.63, 3.8) is 0 Å². The number of benzene rings is 2. The lowest BCUT2D eigenvalue weighted by molar-refractivity contribution is 0.0578. The molecule has 2 heterocycles. The largest absolute Gasteiger partial charge is 0.317 e. The average molecular weight is 295 g/mol. The molecule has 0 spiro atoms.